The first-order chi connectivity index (χ1) is 17.3. The number of nitrogens with zero attached hydrogens (tertiary/aromatic N) is 4. The molecule has 0 N–H and O–H groups in total. The smallest absolute Gasteiger partial charge is 0.311 e. The van der Waals surface area contributed by atoms with Gasteiger partial charge in [-0.3, -0.25) is 24.0 Å². The molecule has 3 aromatic rings. The maximum absolute atomic E-state index is 13.1. The molecule has 0 bridgehead atoms. The third-order valence-electron chi connectivity index (χ3n) is 7.69. The zero-order chi connectivity index (χ0) is 25.4. The van der Waals surface area contributed by atoms with Crippen molar-refractivity contribution in [2.24, 2.45) is 13.0 Å². The van der Waals surface area contributed by atoms with Crippen LogP contribution < -0.4 is 0 Å². The third kappa shape index (κ3) is 4.38. The number of methoxy groups -OCH3 is 1. The molecule has 0 radical (unpaired) electrons. The number of ether oxygens (including phenoxy) is 1. The van der Waals surface area contributed by atoms with Crippen molar-refractivity contribution in [3.8, 4) is 0 Å². The molecule has 1 amide bonds. The molecule has 2 aliphatic rings. The molecule has 8 nitrogen and oxygen atoms in total. The highest BCUT2D eigenvalue weighted by Crippen LogP contribution is 2.45. The summed E-state index contributed by atoms with van der Waals surface area (Å²) in [7, 11) is 3.21. The van der Waals surface area contributed by atoms with Crippen molar-refractivity contribution in [1.82, 2.24) is 19.7 Å². The molecule has 190 valence electrons. The molecule has 2 aliphatic heterocycles. The molecule has 1 atom stereocenters. The highest BCUT2D eigenvalue weighted by atomic mass is 35.5. The molecular formula is C27H31ClN4O4. The molecule has 2 saturated heterocycles. The van der Waals surface area contributed by atoms with Gasteiger partial charge in [0, 0.05) is 38.7 Å². The minimum Gasteiger partial charge on any atom is -0.469 e. The lowest BCUT2D eigenvalue weighted by molar-refractivity contribution is -0.229. The second-order valence-electron chi connectivity index (χ2n) is 9.78. The zero-order valence-corrected chi connectivity index (χ0v) is 21.6. The lowest BCUT2D eigenvalue weighted by atomic mass is 9.77. The Bertz CT molecular complexity index is 1300. The third-order valence-corrected chi connectivity index (χ3v) is 8.16. The Morgan fingerprint density at radius 2 is 1.89 bits per heavy atom. The van der Waals surface area contributed by atoms with Crippen LogP contribution in [0, 0.1) is 12.8 Å². The van der Waals surface area contributed by atoms with Gasteiger partial charge in [-0.15, -0.1) is 0 Å². The van der Waals surface area contributed by atoms with E-state index in [1.807, 2.05) is 32.2 Å². The molecule has 0 aliphatic carbocycles. The average Bonchev–Trinajstić information content (AvgIpc) is 3.29. The maximum Gasteiger partial charge on any atom is 0.311 e. The molecule has 5 rings (SSSR count). The number of benzene rings is 2. The van der Waals surface area contributed by atoms with Crippen LogP contribution >= 0.6 is 11.6 Å². The van der Waals surface area contributed by atoms with Crippen molar-refractivity contribution in [2.75, 3.05) is 20.2 Å². The van der Waals surface area contributed by atoms with Crippen molar-refractivity contribution in [3.63, 3.8) is 0 Å². The Morgan fingerprint density at radius 1 is 1.17 bits per heavy atom. The second kappa shape index (κ2) is 9.84. The Labute approximate surface area is 215 Å². The van der Waals surface area contributed by atoms with E-state index in [9.17, 15) is 9.59 Å². The van der Waals surface area contributed by atoms with E-state index in [2.05, 4.69) is 34.3 Å². The minimum absolute atomic E-state index is 0.0952. The summed E-state index contributed by atoms with van der Waals surface area (Å²) >= 11 is 6.46. The van der Waals surface area contributed by atoms with E-state index in [4.69, 9.17) is 21.2 Å². The number of carbonyl (C=O) groups is 2. The SMILES string of the molecule is COC(=O)C1CC(=O)N(OCc2ccc3ccccc3c2)C12CCN(Cc1c(C)nn(C)c1Cl)CC2. The van der Waals surface area contributed by atoms with Crippen LogP contribution in [0.15, 0.2) is 42.5 Å². The van der Waals surface area contributed by atoms with Crippen LogP contribution in [0.2, 0.25) is 5.15 Å². The van der Waals surface area contributed by atoms with Gasteiger partial charge >= 0.3 is 5.97 Å². The van der Waals surface area contributed by atoms with E-state index in [1.165, 1.54) is 12.2 Å². The van der Waals surface area contributed by atoms with Crippen molar-refractivity contribution in [3.05, 3.63) is 64.4 Å². The van der Waals surface area contributed by atoms with Gasteiger partial charge < -0.3 is 4.74 Å². The Morgan fingerprint density at radius 3 is 2.56 bits per heavy atom. The van der Waals surface area contributed by atoms with Gasteiger partial charge in [0.2, 0.25) is 5.91 Å². The normalized spacial score (nSPS) is 19.9. The van der Waals surface area contributed by atoms with Crippen LogP contribution in [-0.4, -0.2) is 57.4 Å². The van der Waals surface area contributed by atoms with Gasteiger partial charge in [-0.1, -0.05) is 48.0 Å². The summed E-state index contributed by atoms with van der Waals surface area (Å²) < 4.78 is 6.79. The van der Waals surface area contributed by atoms with Gasteiger partial charge in [0.1, 0.15) is 11.8 Å². The number of fused-ring (bicyclic) bond motifs is 1. The fraction of sp³-hybridized carbons (Fsp3) is 0.444. The molecule has 0 saturated carbocycles. The van der Waals surface area contributed by atoms with E-state index >= 15 is 0 Å². The molecule has 1 spiro atoms. The number of amides is 1. The first kappa shape index (κ1) is 24.7. The number of halogens is 1. The number of esters is 1. The fourth-order valence-corrected chi connectivity index (χ4v) is 5.91. The van der Waals surface area contributed by atoms with Gasteiger partial charge in [0.15, 0.2) is 0 Å². The summed E-state index contributed by atoms with van der Waals surface area (Å²) in [5, 5.41) is 8.80. The number of hydrogen-bond acceptors (Lipinski definition) is 6. The van der Waals surface area contributed by atoms with Crippen molar-refractivity contribution in [1.29, 1.82) is 0 Å². The molecule has 2 aromatic carbocycles. The van der Waals surface area contributed by atoms with Crippen LogP contribution in [0.3, 0.4) is 0 Å². The van der Waals surface area contributed by atoms with Crippen LogP contribution in [0.5, 0.6) is 0 Å². The van der Waals surface area contributed by atoms with Crippen LogP contribution in [-0.2, 0) is 39.4 Å². The van der Waals surface area contributed by atoms with Gasteiger partial charge in [-0.2, -0.15) is 5.10 Å². The van der Waals surface area contributed by atoms with Gasteiger partial charge in [0.25, 0.3) is 0 Å². The Hall–Kier alpha value is -2.94. The average molecular weight is 511 g/mol. The molecular weight excluding hydrogens is 480 g/mol. The van der Waals surface area contributed by atoms with Crippen molar-refractivity contribution < 1.29 is 19.2 Å². The van der Waals surface area contributed by atoms with E-state index in [-0.39, 0.29) is 24.9 Å². The van der Waals surface area contributed by atoms with E-state index in [0.717, 1.165) is 27.6 Å². The summed E-state index contributed by atoms with van der Waals surface area (Å²) in [5.41, 5.74) is 2.15. The zero-order valence-electron chi connectivity index (χ0n) is 20.9. The van der Waals surface area contributed by atoms with Crippen molar-refractivity contribution in [2.45, 2.75) is 44.9 Å². The first-order valence-electron chi connectivity index (χ1n) is 12.2. The lowest BCUT2D eigenvalue weighted by Crippen LogP contribution is -2.57. The fourth-order valence-electron chi connectivity index (χ4n) is 5.68. The number of likely N-dealkylation sites (tertiary alicyclic amines) is 1. The van der Waals surface area contributed by atoms with Gasteiger partial charge in [0.05, 0.1) is 24.3 Å². The first-order valence-corrected chi connectivity index (χ1v) is 12.6. The summed E-state index contributed by atoms with van der Waals surface area (Å²) in [5.74, 6) is -1.09. The van der Waals surface area contributed by atoms with E-state index in [0.29, 0.717) is 37.6 Å². The summed E-state index contributed by atoms with van der Waals surface area (Å²) in [6.45, 7) is 4.27. The Kier molecular flexibility index (Phi) is 6.76. The Balaban J connectivity index is 1.34. The van der Waals surface area contributed by atoms with E-state index in [1.54, 1.807) is 4.68 Å². The molecule has 36 heavy (non-hydrogen) atoms. The number of hydrogen-bond donors (Lipinski definition) is 0. The van der Waals surface area contributed by atoms with Crippen LogP contribution in [0.1, 0.15) is 36.1 Å². The predicted octanol–water partition coefficient (Wildman–Crippen LogP) is 4.02. The van der Waals surface area contributed by atoms with Crippen molar-refractivity contribution >= 4 is 34.2 Å². The monoisotopic (exact) mass is 510 g/mol. The number of hydroxylamine groups is 2. The van der Waals surface area contributed by atoms with E-state index < -0.39 is 11.5 Å². The highest BCUT2D eigenvalue weighted by Gasteiger charge is 2.58. The largest absolute Gasteiger partial charge is 0.469 e. The maximum atomic E-state index is 13.1. The quantitative estimate of drug-likeness (QED) is 0.466. The lowest BCUT2D eigenvalue weighted by Gasteiger charge is -2.45. The van der Waals surface area contributed by atoms with Gasteiger partial charge in [-0.25, -0.2) is 5.06 Å². The van der Waals surface area contributed by atoms with Crippen LogP contribution in [0.25, 0.3) is 10.8 Å². The molecule has 9 heteroatoms. The van der Waals surface area contributed by atoms with Gasteiger partial charge in [-0.05, 0) is 42.2 Å². The number of aryl methyl sites for hydroxylation is 2. The summed E-state index contributed by atoms with van der Waals surface area (Å²) in [4.78, 5) is 34.4. The predicted molar refractivity (Wildman–Crippen MR) is 136 cm³/mol. The molecule has 2 fully saturated rings. The standard InChI is InChI=1S/C27H31ClN4O4/c1-18-22(25(28)30(2)29-18)16-31-12-10-27(11-13-31)23(26(34)35-3)15-24(33)32(27)36-17-19-8-9-20-6-4-5-7-21(20)14-19/h4-9,14,23H,10-13,15-17H2,1-3H3. The number of piperidine rings is 1. The number of rotatable bonds is 6. The highest BCUT2D eigenvalue weighted by molar-refractivity contribution is 6.30. The molecule has 1 unspecified atom stereocenters. The summed E-state index contributed by atoms with van der Waals surface area (Å²) in [6.07, 6.45) is 1.30. The number of carbonyl (C=O) groups excluding carboxylic acids is 2. The topological polar surface area (TPSA) is 76.9 Å². The number of aromatic nitrogens is 2. The molecule has 1 aromatic heterocycles. The molecule has 3 heterocycles. The van der Waals surface area contributed by atoms with Crippen LogP contribution in [0.4, 0.5) is 0 Å². The minimum atomic E-state index is -0.731. The summed E-state index contributed by atoms with van der Waals surface area (Å²) in [6, 6.07) is 14.3. The second-order valence-corrected chi connectivity index (χ2v) is 10.1.